The van der Waals surface area contributed by atoms with E-state index in [2.05, 4.69) is 236 Å². The number of hydrogen-bond donors (Lipinski definition) is 0. The Balaban J connectivity index is 0.986. The van der Waals surface area contributed by atoms with Crippen molar-refractivity contribution in [2.24, 2.45) is 0 Å². The van der Waals surface area contributed by atoms with Gasteiger partial charge in [0.1, 0.15) is 23.0 Å². The van der Waals surface area contributed by atoms with Crippen molar-refractivity contribution in [3.8, 4) is 56.6 Å². The van der Waals surface area contributed by atoms with Crippen LogP contribution in [-0.2, 0) is 5.41 Å². The van der Waals surface area contributed by atoms with Crippen LogP contribution in [0.3, 0.4) is 0 Å². The molecule has 330 valence electrons. The summed E-state index contributed by atoms with van der Waals surface area (Å²) in [6.45, 7) is 6.95. The number of para-hydroxylation sites is 3. The van der Waals surface area contributed by atoms with E-state index in [1.807, 2.05) is 11.3 Å². The van der Waals surface area contributed by atoms with Crippen LogP contribution in [0, 0.1) is 0 Å². The first-order valence-corrected chi connectivity index (χ1v) is 25.0. The van der Waals surface area contributed by atoms with E-state index >= 15 is 0 Å². The van der Waals surface area contributed by atoms with Gasteiger partial charge in [-0.05, 0) is 80.6 Å². The monoisotopic (exact) mass is 914 g/mol. The van der Waals surface area contributed by atoms with Crippen molar-refractivity contribution in [1.29, 1.82) is 0 Å². The smallest absolute Gasteiger partial charge is 0.260 e. The lowest BCUT2D eigenvalue weighted by molar-refractivity contribution is 0.464. The molecule has 0 bridgehead atoms. The molecule has 0 saturated heterocycles. The SMILES string of the molecule is CC(C)(C)c1cc2c3ccccc3n(-c3ccc4c(c3)Oc3cc(-n5c6ccccc6c6ccccc65)cc5c3B4c3ccc(-c4ccccc4)cc3O5)c2c2sc3c(-c4ccccc4)cccc3c12. The third-order valence-electron chi connectivity index (χ3n) is 14.9. The first-order valence-electron chi connectivity index (χ1n) is 24.2. The van der Waals surface area contributed by atoms with E-state index in [-0.39, 0.29) is 12.1 Å². The Morgan fingerprint density at radius 1 is 0.414 bits per heavy atom. The van der Waals surface area contributed by atoms with E-state index in [9.17, 15) is 0 Å². The highest BCUT2D eigenvalue weighted by Crippen LogP contribution is 2.50. The molecular formula is C64H43BN2O2S. The van der Waals surface area contributed by atoms with Crippen LogP contribution in [0.25, 0.3) is 97.4 Å². The predicted molar refractivity (Wildman–Crippen MR) is 295 cm³/mol. The van der Waals surface area contributed by atoms with E-state index in [4.69, 9.17) is 9.47 Å². The fourth-order valence-electron chi connectivity index (χ4n) is 11.9. The molecule has 0 unspecified atom stereocenters. The van der Waals surface area contributed by atoms with Gasteiger partial charge in [-0.2, -0.15) is 0 Å². The number of thiophene rings is 1. The molecule has 70 heavy (non-hydrogen) atoms. The van der Waals surface area contributed by atoms with Crippen LogP contribution in [0.15, 0.2) is 206 Å². The molecule has 3 aromatic heterocycles. The van der Waals surface area contributed by atoms with Crippen molar-refractivity contribution >= 4 is 98.2 Å². The second-order valence-corrected chi connectivity index (χ2v) is 21.0. The second-order valence-electron chi connectivity index (χ2n) is 20.0. The number of aromatic nitrogens is 2. The molecule has 13 aromatic rings. The maximum absolute atomic E-state index is 7.32. The zero-order valence-corrected chi connectivity index (χ0v) is 39.6. The molecule has 5 heterocycles. The van der Waals surface area contributed by atoms with E-state index < -0.39 is 0 Å². The van der Waals surface area contributed by atoms with Crippen molar-refractivity contribution < 1.29 is 9.47 Å². The van der Waals surface area contributed by atoms with Gasteiger partial charge in [0.25, 0.3) is 6.71 Å². The molecule has 0 atom stereocenters. The summed E-state index contributed by atoms with van der Waals surface area (Å²) < 4.78 is 21.9. The molecule has 15 rings (SSSR count). The van der Waals surface area contributed by atoms with Gasteiger partial charge < -0.3 is 18.6 Å². The van der Waals surface area contributed by atoms with Crippen LogP contribution in [0.5, 0.6) is 23.0 Å². The average molecular weight is 915 g/mol. The maximum Gasteiger partial charge on any atom is 0.260 e. The molecule has 0 fully saturated rings. The number of hydrogen-bond acceptors (Lipinski definition) is 3. The van der Waals surface area contributed by atoms with Crippen molar-refractivity contribution in [3.63, 3.8) is 0 Å². The summed E-state index contributed by atoms with van der Waals surface area (Å²) in [6.07, 6.45) is 0. The zero-order chi connectivity index (χ0) is 46.4. The molecule has 4 nitrogen and oxygen atoms in total. The molecular weight excluding hydrogens is 872 g/mol. The van der Waals surface area contributed by atoms with Gasteiger partial charge in [-0.25, -0.2) is 0 Å². The molecule has 0 amide bonds. The summed E-state index contributed by atoms with van der Waals surface area (Å²) in [7, 11) is 0. The van der Waals surface area contributed by atoms with Gasteiger partial charge in [0, 0.05) is 66.4 Å². The quantitative estimate of drug-likeness (QED) is 0.165. The summed E-state index contributed by atoms with van der Waals surface area (Å²) in [4.78, 5) is 0. The number of rotatable bonds is 4. The van der Waals surface area contributed by atoms with E-state index in [0.717, 1.165) is 72.9 Å². The Morgan fingerprint density at radius 3 is 1.61 bits per heavy atom. The molecule has 2 aliphatic rings. The Bertz CT molecular complexity index is 4290. The number of nitrogens with zero attached hydrogens (tertiary/aromatic N) is 2. The Hall–Kier alpha value is -8.32. The molecule has 0 aliphatic carbocycles. The normalized spacial score (nSPS) is 13.0. The van der Waals surface area contributed by atoms with Crippen molar-refractivity contribution in [3.05, 3.63) is 212 Å². The van der Waals surface area contributed by atoms with Gasteiger partial charge in [0.2, 0.25) is 0 Å². The van der Waals surface area contributed by atoms with Crippen molar-refractivity contribution in [2.75, 3.05) is 0 Å². The third-order valence-corrected chi connectivity index (χ3v) is 16.2. The van der Waals surface area contributed by atoms with Crippen molar-refractivity contribution in [1.82, 2.24) is 9.13 Å². The van der Waals surface area contributed by atoms with Gasteiger partial charge in [0.15, 0.2) is 0 Å². The molecule has 0 saturated carbocycles. The van der Waals surface area contributed by atoms with Crippen LogP contribution in [0.4, 0.5) is 0 Å². The van der Waals surface area contributed by atoms with Gasteiger partial charge in [-0.1, -0.05) is 172 Å². The van der Waals surface area contributed by atoms with Crippen LogP contribution in [0.2, 0.25) is 0 Å². The maximum atomic E-state index is 7.32. The minimum absolute atomic E-state index is 0.0990. The minimum Gasteiger partial charge on any atom is -0.458 e. The number of fused-ring (bicyclic) bond motifs is 14. The molecule has 0 N–H and O–H groups in total. The Morgan fingerprint density at radius 2 is 0.957 bits per heavy atom. The van der Waals surface area contributed by atoms with Crippen LogP contribution < -0.4 is 25.9 Å². The van der Waals surface area contributed by atoms with Gasteiger partial charge in [0.05, 0.1) is 32.5 Å². The standard InChI is InChI=1S/C64H43BN2O2S/c1-64(2,3)49-37-48-46-23-12-15-28-54(46)67(61(48)63-59(49)47-25-16-24-43(62(47)70-63)39-19-8-5-9-20-39)41-30-32-51-56(34-41)69-58-36-42(66-52-26-13-10-21-44(52)45-22-11-14-27-53(45)66)35-57-60(58)65(51)50-31-29-40(33-55(50)68-57)38-17-6-4-7-18-38/h4-37H,1-3H3. The lowest BCUT2D eigenvalue weighted by atomic mass is 9.35. The highest BCUT2D eigenvalue weighted by molar-refractivity contribution is 7.27. The summed E-state index contributed by atoms with van der Waals surface area (Å²) in [5.41, 5.74) is 16.1. The summed E-state index contributed by atoms with van der Waals surface area (Å²) in [6, 6.07) is 75.1. The van der Waals surface area contributed by atoms with Gasteiger partial charge in [-0.15, -0.1) is 11.3 Å². The molecule has 2 aliphatic heterocycles. The van der Waals surface area contributed by atoms with Crippen LogP contribution in [0.1, 0.15) is 26.3 Å². The fourth-order valence-corrected chi connectivity index (χ4v) is 13.3. The summed E-state index contributed by atoms with van der Waals surface area (Å²) >= 11 is 1.92. The van der Waals surface area contributed by atoms with Gasteiger partial charge in [-0.3, -0.25) is 0 Å². The zero-order valence-electron chi connectivity index (χ0n) is 38.8. The van der Waals surface area contributed by atoms with Crippen LogP contribution in [-0.4, -0.2) is 15.8 Å². The largest absolute Gasteiger partial charge is 0.458 e. The first kappa shape index (κ1) is 39.7. The Labute approximate surface area is 409 Å². The number of ether oxygens (including phenoxy) is 2. The lowest BCUT2D eigenvalue weighted by Crippen LogP contribution is -2.57. The second kappa shape index (κ2) is 14.6. The lowest BCUT2D eigenvalue weighted by Gasteiger charge is -2.34. The number of benzene rings is 10. The highest BCUT2D eigenvalue weighted by atomic mass is 32.1. The molecule has 0 radical (unpaired) electrons. The minimum atomic E-state index is -0.109. The first-order chi connectivity index (χ1) is 34.4. The van der Waals surface area contributed by atoms with Crippen molar-refractivity contribution in [2.45, 2.75) is 26.2 Å². The van der Waals surface area contributed by atoms with Crippen LogP contribution >= 0.6 is 11.3 Å². The average Bonchev–Trinajstić information content (AvgIpc) is 4.06. The predicted octanol–water partition coefficient (Wildman–Crippen LogP) is 15.6. The highest BCUT2D eigenvalue weighted by Gasteiger charge is 2.41. The summed E-state index contributed by atoms with van der Waals surface area (Å²) in [5.74, 6) is 3.32. The molecule has 6 heteroatoms. The Kier molecular flexibility index (Phi) is 8.27. The summed E-state index contributed by atoms with van der Waals surface area (Å²) in [5, 5.41) is 7.56. The van der Waals surface area contributed by atoms with E-state index in [1.54, 1.807) is 0 Å². The van der Waals surface area contributed by atoms with E-state index in [1.165, 1.54) is 69.4 Å². The molecule has 0 spiro atoms. The third kappa shape index (κ3) is 5.65. The molecule has 10 aromatic carbocycles. The van der Waals surface area contributed by atoms with Gasteiger partial charge >= 0.3 is 0 Å². The topological polar surface area (TPSA) is 28.3 Å². The fraction of sp³-hybridized carbons (Fsp3) is 0.0625. The van der Waals surface area contributed by atoms with E-state index in [0.29, 0.717) is 0 Å².